The summed E-state index contributed by atoms with van der Waals surface area (Å²) in [4.78, 5) is 10.7. The van der Waals surface area contributed by atoms with E-state index in [9.17, 15) is 4.79 Å². The van der Waals surface area contributed by atoms with Gasteiger partial charge in [0, 0.05) is 18.5 Å². The van der Waals surface area contributed by atoms with Crippen molar-refractivity contribution in [2.24, 2.45) is 16.6 Å². The second kappa shape index (κ2) is 3.42. The second-order valence-corrected chi connectivity index (χ2v) is 5.16. The summed E-state index contributed by atoms with van der Waals surface area (Å²) in [7, 11) is 0. The number of nitrogens with two attached hydrogens (primary N) is 1. The van der Waals surface area contributed by atoms with Gasteiger partial charge in [0.05, 0.1) is 0 Å². The van der Waals surface area contributed by atoms with Crippen LogP contribution in [0, 0.1) is 10.8 Å². The largest absolute Gasteiger partial charge is 0.444 e. The highest BCUT2D eigenvalue weighted by atomic mass is 16.6. The number of amides is 1. The lowest BCUT2D eigenvalue weighted by Crippen LogP contribution is -2.58. The van der Waals surface area contributed by atoms with Gasteiger partial charge < -0.3 is 15.8 Å². The number of primary amides is 1. The van der Waals surface area contributed by atoms with Crippen LogP contribution < -0.4 is 11.1 Å². The summed E-state index contributed by atoms with van der Waals surface area (Å²) in [6.45, 7) is 10.2. The van der Waals surface area contributed by atoms with Gasteiger partial charge in [-0.1, -0.05) is 27.7 Å². The van der Waals surface area contributed by atoms with Gasteiger partial charge in [-0.2, -0.15) is 0 Å². The molecule has 4 heteroatoms. The van der Waals surface area contributed by atoms with Crippen LogP contribution in [-0.4, -0.2) is 25.3 Å². The SMILES string of the molecule is CC1(C)CNCC(OC(N)=O)C1(C)C. The van der Waals surface area contributed by atoms with E-state index >= 15 is 0 Å². The van der Waals surface area contributed by atoms with Crippen molar-refractivity contribution in [2.75, 3.05) is 13.1 Å². The van der Waals surface area contributed by atoms with Crippen LogP contribution in [0.4, 0.5) is 4.79 Å². The lowest BCUT2D eigenvalue weighted by Gasteiger charge is -2.50. The fourth-order valence-electron chi connectivity index (χ4n) is 1.76. The maximum Gasteiger partial charge on any atom is 0.404 e. The molecule has 1 aliphatic heterocycles. The summed E-state index contributed by atoms with van der Waals surface area (Å²) in [5.41, 5.74) is 5.07. The third kappa shape index (κ3) is 1.85. The standard InChI is InChI=1S/C10H20N2O2/c1-9(2)6-12-5-7(10(9,3)4)14-8(11)13/h7,12H,5-6H2,1-4H3,(H2,11,13). The molecule has 0 bridgehead atoms. The highest BCUT2D eigenvalue weighted by Crippen LogP contribution is 2.44. The molecule has 0 spiro atoms. The normalized spacial score (nSPS) is 29.6. The molecule has 0 aliphatic carbocycles. The zero-order chi connectivity index (χ0) is 11.0. The third-order valence-electron chi connectivity index (χ3n) is 3.70. The summed E-state index contributed by atoms with van der Waals surface area (Å²) < 4.78 is 5.12. The molecule has 1 rings (SSSR count). The van der Waals surface area contributed by atoms with Gasteiger partial charge in [0.15, 0.2) is 0 Å². The van der Waals surface area contributed by atoms with Gasteiger partial charge in [-0.25, -0.2) is 4.79 Å². The number of rotatable bonds is 1. The first kappa shape index (κ1) is 11.3. The van der Waals surface area contributed by atoms with E-state index in [1.165, 1.54) is 0 Å². The molecule has 0 aromatic carbocycles. The minimum atomic E-state index is -0.692. The van der Waals surface area contributed by atoms with E-state index < -0.39 is 6.09 Å². The van der Waals surface area contributed by atoms with Gasteiger partial charge in [0.25, 0.3) is 0 Å². The molecule has 0 aromatic heterocycles. The Bertz CT molecular complexity index is 236. The van der Waals surface area contributed by atoms with E-state index in [0.717, 1.165) is 6.54 Å². The second-order valence-electron chi connectivity index (χ2n) is 5.16. The third-order valence-corrected chi connectivity index (χ3v) is 3.70. The molecule has 1 atom stereocenters. The van der Waals surface area contributed by atoms with E-state index in [-0.39, 0.29) is 16.9 Å². The number of ether oxygens (including phenoxy) is 1. The Hall–Kier alpha value is -0.770. The molecule has 4 nitrogen and oxygen atoms in total. The number of nitrogens with one attached hydrogen (secondary N) is 1. The van der Waals surface area contributed by atoms with Crippen LogP contribution in [0.3, 0.4) is 0 Å². The van der Waals surface area contributed by atoms with Crippen LogP contribution in [0.15, 0.2) is 0 Å². The van der Waals surface area contributed by atoms with Crippen LogP contribution >= 0.6 is 0 Å². The number of hydrogen-bond acceptors (Lipinski definition) is 3. The zero-order valence-electron chi connectivity index (χ0n) is 9.39. The van der Waals surface area contributed by atoms with Gasteiger partial charge in [0.1, 0.15) is 6.10 Å². The molecule has 0 aromatic rings. The van der Waals surface area contributed by atoms with Gasteiger partial charge in [-0.3, -0.25) is 0 Å². The highest BCUT2D eigenvalue weighted by molar-refractivity contribution is 5.65. The smallest absolute Gasteiger partial charge is 0.404 e. The van der Waals surface area contributed by atoms with Gasteiger partial charge >= 0.3 is 6.09 Å². The molecular formula is C10H20N2O2. The minimum absolute atomic E-state index is 0.0622. The highest BCUT2D eigenvalue weighted by Gasteiger charge is 2.47. The van der Waals surface area contributed by atoms with Crippen LogP contribution in [0.25, 0.3) is 0 Å². The Kier molecular flexibility index (Phi) is 2.76. The Morgan fingerprint density at radius 2 is 2.00 bits per heavy atom. The molecule has 1 heterocycles. The summed E-state index contributed by atoms with van der Waals surface area (Å²) in [6, 6.07) is 0. The Labute approximate surface area is 85.2 Å². The molecule has 82 valence electrons. The quantitative estimate of drug-likeness (QED) is 0.666. The maximum absolute atomic E-state index is 10.7. The monoisotopic (exact) mass is 200 g/mol. The topological polar surface area (TPSA) is 64.3 Å². The predicted molar refractivity (Wildman–Crippen MR) is 54.9 cm³/mol. The Morgan fingerprint density at radius 3 is 2.50 bits per heavy atom. The van der Waals surface area contributed by atoms with Crippen molar-refractivity contribution < 1.29 is 9.53 Å². The fourth-order valence-corrected chi connectivity index (χ4v) is 1.76. The molecular weight excluding hydrogens is 180 g/mol. The van der Waals surface area contributed by atoms with E-state index in [1.807, 2.05) is 0 Å². The van der Waals surface area contributed by atoms with Crippen molar-refractivity contribution in [1.29, 1.82) is 0 Å². The maximum atomic E-state index is 10.7. The number of carbonyl (C=O) groups excluding carboxylic acids is 1. The Balaban J connectivity index is 2.81. The van der Waals surface area contributed by atoms with Crippen molar-refractivity contribution in [3.63, 3.8) is 0 Å². The number of hydrogen-bond donors (Lipinski definition) is 2. The summed E-state index contributed by atoms with van der Waals surface area (Å²) in [5.74, 6) is 0. The van der Waals surface area contributed by atoms with Gasteiger partial charge in [-0.15, -0.1) is 0 Å². The van der Waals surface area contributed by atoms with E-state index in [1.54, 1.807) is 0 Å². The molecule has 1 saturated heterocycles. The van der Waals surface area contributed by atoms with Crippen molar-refractivity contribution in [3.05, 3.63) is 0 Å². The van der Waals surface area contributed by atoms with Crippen LogP contribution in [0.5, 0.6) is 0 Å². The number of piperidine rings is 1. The Morgan fingerprint density at radius 1 is 1.43 bits per heavy atom. The first-order chi connectivity index (χ1) is 6.27. The predicted octanol–water partition coefficient (Wildman–Crippen LogP) is 1.11. The van der Waals surface area contributed by atoms with Crippen molar-refractivity contribution in [3.8, 4) is 0 Å². The lowest BCUT2D eigenvalue weighted by molar-refractivity contribution is -0.0644. The summed E-state index contributed by atoms with van der Waals surface area (Å²) in [5, 5.41) is 3.25. The average molecular weight is 200 g/mol. The molecule has 1 fully saturated rings. The number of carbonyl (C=O) groups is 1. The van der Waals surface area contributed by atoms with Crippen molar-refractivity contribution in [2.45, 2.75) is 33.8 Å². The minimum Gasteiger partial charge on any atom is -0.444 e. The fraction of sp³-hybridized carbons (Fsp3) is 0.900. The first-order valence-electron chi connectivity index (χ1n) is 4.94. The van der Waals surface area contributed by atoms with Crippen molar-refractivity contribution in [1.82, 2.24) is 5.32 Å². The van der Waals surface area contributed by atoms with Gasteiger partial charge in [-0.05, 0) is 5.41 Å². The van der Waals surface area contributed by atoms with E-state index in [0.29, 0.717) is 6.54 Å². The van der Waals surface area contributed by atoms with E-state index in [2.05, 4.69) is 33.0 Å². The van der Waals surface area contributed by atoms with Crippen LogP contribution in [-0.2, 0) is 4.74 Å². The van der Waals surface area contributed by atoms with Crippen LogP contribution in [0.1, 0.15) is 27.7 Å². The molecule has 14 heavy (non-hydrogen) atoms. The molecule has 0 saturated carbocycles. The average Bonchev–Trinajstić information content (AvgIpc) is 1.98. The van der Waals surface area contributed by atoms with Crippen LogP contribution in [0.2, 0.25) is 0 Å². The summed E-state index contributed by atoms with van der Waals surface area (Å²) in [6.07, 6.45) is -0.841. The lowest BCUT2D eigenvalue weighted by atomic mass is 9.62. The van der Waals surface area contributed by atoms with E-state index in [4.69, 9.17) is 10.5 Å². The first-order valence-corrected chi connectivity index (χ1v) is 4.94. The summed E-state index contributed by atoms with van der Waals surface area (Å²) >= 11 is 0. The van der Waals surface area contributed by atoms with Crippen molar-refractivity contribution >= 4 is 6.09 Å². The molecule has 0 radical (unpaired) electrons. The molecule has 3 N–H and O–H groups in total. The molecule has 1 amide bonds. The van der Waals surface area contributed by atoms with Gasteiger partial charge in [0.2, 0.25) is 0 Å². The zero-order valence-corrected chi connectivity index (χ0v) is 9.39. The molecule has 1 aliphatic rings. The molecule has 1 unspecified atom stereocenters.